The molecule has 0 unspecified atom stereocenters. The van der Waals surface area contributed by atoms with Crippen molar-refractivity contribution in [1.29, 1.82) is 0 Å². The molecular formula is C7H14F3NO4S. The molecule has 0 aromatic carbocycles. The first-order chi connectivity index (χ1) is 7.09. The standard InChI is InChI=1S/C7H14F3NO4S/c1-6(2)15-5-3-4-11(12)16(13,14)7(8,9)10/h6,12H,3-5H2,1-2H3. The fraction of sp³-hybridized carbons (Fsp3) is 1.00. The molecule has 5 nitrogen and oxygen atoms in total. The van der Waals surface area contributed by atoms with E-state index in [-0.39, 0.29) is 19.1 Å². The number of sulfonamides is 1. The topological polar surface area (TPSA) is 66.8 Å². The molecule has 0 bridgehead atoms. The van der Waals surface area contributed by atoms with Crippen LogP contribution in [0.4, 0.5) is 13.2 Å². The van der Waals surface area contributed by atoms with Gasteiger partial charge < -0.3 is 4.74 Å². The number of ether oxygens (including phenoxy) is 1. The SMILES string of the molecule is CC(C)OCCCN(O)S(=O)(=O)C(F)(F)F. The van der Waals surface area contributed by atoms with E-state index >= 15 is 0 Å². The van der Waals surface area contributed by atoms with E-state index < -0.39 is 26.5 Å². The van der Waals surface area contributed by atoms with Gasteiger partial charge in [-0.1, -0.05) is 4.47 Å². The molecule has 0 aliphatic rings. The highest BCUT2D eigenvalue weighted by Crippen LogP contribution is 2.25. The summed E-state index contributed by atoms with van der Waals surface area (Å²) in [7, 11) is -5.64. The second kappa shape index (κ2) is 5.80. The second-order valence-electron chi connectivity index (χ2n) is 3.27. The van der Waals surface area contributed by atoms with E-state index in [1.807, 2.05) is 0 Å². The minimum absolute atomic E-state index is 0.0238. The molecule has 0 saturated heterocycles. The fourth-order valence-corrected chi connectivity index (χ4v) is 1.37. The first-order valence-corrected chi connectivity index (χ1v) is 5.92. The average molecular weight is 265 g/mol. The lowest BCUT2D eigenvalue weighted by Crippen LogP contribution is -2.39. The molecule has 0 aromatic rings. The van der Waals surface area contributed by atoms with Crippen LogP contribution in [0.1, 0.15) is 20.3 Å². The summed E-state index contributed by atoms with van der Waals surface area (Å²) in [4.78, 5) is 0. The maximum absolute atomic E-state index is 11.9. The maximum atomic E-state index is 11.9. The third kappa shape index (κ3) is 4.64. The molecule has 1 N–H and O–H groups in total. The summed E-state index contributed by atoms with van der Waals surface area (Å²) in [5.74, 6) is 0. The molecule has 98 valence electrons. The molecule has 0 aliphatic heterocycles. The first-order valence-electron chi connectivity index (χ1n) is 4.48. The molecule has 0 aliphatic carbocycles. The largest absolute Gasteiger partial charge is 0.513 e. The van der Waals surface area contributed by atoms with Crippen LogP contribution >= 0.6 is 0 Å². The Morgan fingerprint density at radius 1 is 1.38 bits per heavy atom. The number of alkyl halides is 3. The van der Waals surface area contributed by atoms with Crippen molar-refractivity contribution in [2.45, 2.75) is 31.9 Å². The number of halogens is 3. The van der Waals surface area contributed by atoms with E-state index in [0.717, 1.165) is 0 Å². The Labute approximate surface area is 91.8 Å². The van der Waals surface area contributed by atoms with Crippen molar-refractivity contribution in [2.24, 2.45) is 0 Å². The van der Waals surface area contributed by atoms with Gasteiger partial charge in [0.15, 0.2) is 0 Å². The van der Waals surface area contributed by atoms with E-state index in [9.17, 15) is 21.6 Å². The van der Waals surface area contributed by atoms with E-state index in [1.54, 1.807) is 13.8 Å². The highest BCUT2D eigenvalue weighted by atomic mass is 32.2. The van der Waals surface area contributed by atoms with Gasteiger partial charge in [0.2, 0.25) is 0 Å². The Morgan fingerprint density at radius 3 is 2.25 bits per heavy atom. The van der Waals surface area contributed by atoms with Crippen LogP contribution in [0.15, 0.2) is 0 Å². The Kier molecular flexibility index (Phi) is 5.66. The average Bonchev–Trinajstić information content (AvgIpc) is 2.09. The van der Waals surface area contributed by atoms with Gasteiger partial charge in [-0.15, -0.1) is 0 Å². The van der Waals surface area contributed by atoms with E-state index in [2.05, 4.69) is 0 Å². The summed E-state index contributed by atoms with van der Waals surface area (Å²) >= 11 is 0. The van der Waals surface area contributed by atoms with Crippen LogP contribution in [-0.4, -0.2) is 42.9 Å². The summed E-state index contributed by atoms with van der Waals surface area (Å²) < 4.78 is 61.1. The van der Waals surface area contributed by atoms with Gasteiger partial charge in [-0.3, -0.25) is 5.21 Å². The van der Waals surface area contributed by atoms with Gasteiger partial charge in [0.25, 0.3) is 0 Å². The number of hydrogen-bond donors (Lipinski definition) is 1. The van der Waals surface area contributed by atoms with Gasteiger partial charge in [-0.2, -0.15) is 13.2 Å². The number of rotatable bonds is 6. The molecule has 0 amide bonds. The first kappa shape index (κ1) is 15.6. The van der Waals surface area contributed by atoms with Crippen molar-refractivity contribution in [3.8, 4) is 0 Å². The fourth-order valence-electron chi connectivity index (χ4n) is 0.759. The molecule has 0 rings (SSSR count). The minimum atomic E-state index is -5.64. The Hall–Kier alpha value is -0.380. The highest BCUT2D eigenvalue weighted by Gasteiger charge is 2.49. The summed E-state index contributed by atoms with van der Waals surface area (Å²) in [6.07, 6.45) is -0.129. The summed E-state index contributed by atoms with van der Waals surface area (Å²) in [5, 5.41) is 8.75. The molecule has 0 saturated carbocycles. The predicted octanol–water partition coefficient (Wildman–Crippen LogP) is 1.34. The van der Waals surface area contributed by atoms with Crippen LogP contribution < -0.4 is 0 Å². The Balaban J connectivity index is 4.13. The molecule has 0 radical (unpaired) electrons. The van der Waals surface area contributed by atoms with Gasteiger partial charge in [0, 0.05) is 13.2 Å². The summed E-state index contributed by atoms with van der Waals surface area (Å²) in [6.45, 7) is 2.86. The quantitative estimate of drug-likeness (QED) is 0.581. The Morgan fingerprint density at radius 2 is 1.88 bits per heavy atom. The number of nitrogens with zero attached hydrogens (tertiary/aromatic N) is 1. The molecule has 0 atom stereocenters. The second-order valence-corrected chi connectivity index (χ2v) is 5.10. The van der Waals surface area contributed by atoms with Crippen molar-refractivity contribution >= 4 is 10.0 Å². The molecule has 0 spiro atoms. The molecule has 0 fully saturated rings. The maximum Gasteiger partial charge on any atom is 0.513 e. The van der Waals surface area contributed by atoms with Crippen molar-refractivity contribution in [1.82, 2.24) is 4.47 Å². The van der Waals surface area contributed by atoms with Gasteiger partial charge in [-0.05, 0) is 20.3 Å². The van der Waals surface area contributed by atoms with Crippen LogP contribution in [0.3, 0.4) is 0 Å². The lowest BCUT2D eigenvalue weighted by Gasteiger charge is -2.17. The van der Waals surface area contributed by atoms with Crippen LogP contribution in [-0.2, 0) is 14.8 Å². The zero-order chi connectivity index (χ0) is 13.0. The third-order valence-corrected chi connectivity index (χ3v) is 2.84. The summed E-state index contributed by atoms with van der Waals surface area (Å²) in [6, 6.07) is 0. The smallest absolute Gasteiger partial charge is 0.379 e. The number of hydroxylamine groups is 1. The van der Waals surface area contributed by atoms with Crippen LogP contribution in [0.2, 0.25) is 0 Å². The normalized spacial score (nSPS) is 13.8. The van der Waals surface area contributed by atoms with E-state index in [0.29, 0.717) is 0 Å². The predicted molar refractivity (Wildman–Crippen MR) is 49.2 cm³/mol. The Bertz CT molecular complexity index is 301. The molecule has 16 heavy (non-hydrogen) atoms. The van der Waals surface area contributed by atoms with Gasteiger partial charge in [0.05, 0.1) is 6.10 Å². The van der Waals surface area contributed by atoms with E-state index in [1.165, 1.54) is 0 Å². The lowest BCUT2D eigenvalue weighted by atomic mass is 10.4. The highest BCUT2D eigenvalue weighted by molar-refractivity contribution is 7.89. The third-order valence-electron chi connectivity index (χ3n) is 1.51. The van der Waals surface area contributed by atoms with Gasteiger partial charge >= 0.3 is 15.5 Å². The lowest BCUT2D eigenvalue weighted by molar-refractivity contribution is -0.0768. The molecule has 9 heteroatoms. The van der Waals surface area contributed by atoms with Crippen molar-refractivity contribution in [2.75, 3.05) is 13.2 Å². The molecular weight excluding hydrogens is 251 g/mol. The zero-order valence-corrected chi connectivity index (χ0v) is 9.68. The molecule has 0 heterocycles. The zero-order valence-electron chi connectivity index (χ0n) is 8.86. The van der Waals surface area contributed by atoms with Crippen LogP contribution in [0, 0.1) is 0 Å². The van der Waals surface area contributed by atoms with Crippen LogP contribution in [0.5, 0.6) is 0 Å². The number of hydrogen-bond acceptors (Lipinski definition) is 4. The monoisotopic (exact) mass is 265 g/mol. The van der Waals surface area contributed by atoms with Crippen molar-refractivity contribution in [3.63, 3.8) is 0 Å². The molecule has 0 aromatic heterocycles. The van der Waals surface area contributed by atoms with Crippen molar-refractivity contribution < 1.29 is 31.5 Å². The summed E-state index contributed by atoms with van der Waals surface area (Å²) in [5.41, 5.74) is -5.49. The van der Waals surface area contributed by atoms with E-state index in [4.69, 9.17) is 9.94 Å². The van der Waals surface area contributed by atoms with Crippen molar-refractivity contribution in [3.05, 3.63) is 0 Å². The van der Waals surface area contributed by atoms with Gasteiger partial charge in [-0.25, -0.2) is 8.42 Å². The minimum Gasteiger partial charge on any atom is -0.379 e. The van der Waals surface area contributed by atoms with Gasteiger partial charge in [0.1, 0.15) is 0 Å². The van der Waals surface area contributed by atoms with Crippen LogP contribution in [0.25, 0.3) is 0 Å².